The van der Waals surface area contributed by atoms with Crippen LogP contribution in [0, 0.1) is 6.92 Å². The van der Waals surface area contributed by atoms with Gasteiger partial charge in [-0.15, -0.1) is 11.3 Å². The van der Waals surface area contributed by atoms with E-state index in [1.165, 1.54) is 13.0 Å². The lowest BCUT2D eigenvalue weighted by atomic mass is 10.5. The lowest BCUT2D eigenvalue weighted by Gasteiger charge is -2.01. The zero-order valence-electron chi connectivity index (χ0n) is 10.6. The number of sulfonamides is 1. The molecule has 0 atom stereocenters. The maximum absolute atomic E-state index is 12.2. The summed E-state index contributed by atoms with van der Waals surface area (Å²) in [7, 11) is -3.79. The Hall–Kier alpha value is -0.680. The summed E-state index contributed by atoms with van der Waals surface area (Å²) < 4.78 is 32.5. The fourth-order valence-corrected chi connectivity index (χ4v) is 5.67. The maximum atomic E-state index is 12.2. The minimum atomic E-state index is -3.79. The van der Waals surface area contributed by atoms with Crippen molar-refractivity contribution >= 4 is 71.3 Å². The number of carbonyl (C=O) groups excluding carboxylic acids is 1. The molecule has 0 unspecified atom stereocenters. The molecule has 114 valence electrons. The predicted octanol–water partition coefficient (Wildman–Crippen LogP) is 3.66. The molecule has 0 amide bonds. The number of anilines is 1. The number of thiophene rings is 1. The Morgan fingerprint density at radius 2 is 2.14 bits per heavy atom. The molecule has 2 heterocycles. The SMILES string of the molecule is CC(=O)Oc1sc(NS(=O)(=O)c2cc(Br)c(Cl)s2)nc1C. The van der Waals surface area contributed by atoms with Crippen LogP contribution in [-0.4, -0.2) is 19.4 Å². The van der Waals surface area contributed by atoms with Crippen LogP contribution in [0.5, 0.6) is 5.06 Å². The van der Waals surface area contributed by atoms with Crippen molar-refractivity contribution in [2.45, 2.75) is 18.1 Å². The lowest BCUT2D eigenvalue weighted by Crippen LogP contribution is -2.11. The summed E-state index contributed by atoms with van der Waals surface area (Å²) >= 11 is 10.8. The summed E-state index contributed by atoms with van der Waals surface area (Å²) in [5.41, 5.74) is 0.429. The van der Waals surface area contributed by atoms with Crippen LogP contribution >= 0.6 is 50.2 Å². The van der Waals surface area contributed by atoms with E-state index in [-0.39, 0.29) is 14.4 Å². The molecule has 0 radical (unpaired) electrons. The molecule has 2 aromatic heterocycles. The number of aryl methyl sites for hydroxylation is 1. The van der Waals surface area contributed by atoms with Crippen molar-refractivity contribution in [1.82, 2.24) is 4.98 Å². The van der Waals surface area contributed by atoms with Gasteiger partial charge in [-0.2, -0.15) is 0 Å². The normalized spacial score (nSPS) is 11.4. The largest absolute Gasteiger partial charge is 0.413 e. The van der Waals surface area contributed by atoms with Crippen LogP contribution in [-0.2, 0) is 14.8 Å². The number of esters is 1. The summed E-state index contributed by atoms with van der Waals surface area (Å²) in [5, 5.41) is 0.370. The Bertz CT molecular complexity index is 780. The van der Waals surface area contributed by atoms with Gasteiger partial charge < -0.3 is 4.74 Å². The average molecular weight is 432 g/mol. The van der Waals surface area contributed by atoms with Crippen LogP contribution in [0.25, 0.3) is 0 Å². The van der Waals surface area contributed by atoms with Gasteiger partial charge >= 0.3 is 5.97 Å². The van der Waals surface area contributed by atoms with Gasteiger partial charge in [-0.1, -0.05) is 22.9 Å². The van der Waals surface area contributed by atoms with Crippen molar-refractivity contribution in [1.29, 1.82) is 0 Å². The van der Waals surface area contributed by atoms with E-state index < -0.39 is 16.0 Å². The number of ether oxygens (including phenoxy) is 1. The van der Waals surface area contributed by atoms with Crippen molar-refractivity contribution in [2.75, 3.05) is 4.72 Å². The number of carbonyl (C=O) groups is 1. The standard InChI is InChI=1S/C10H8BrClN2O4S3/c1-4-9(18-5(2)15)20-10(13-4)14-21(16,17)7-3-6(11)8(12)19-7/h3H,1-2H3,(H,13,14). The van der Waals surface area contributed by atoms with E-state index in [0.29, 0.717) is 14.5 Å². The summed E-state index contributed by atoms with van der Waals surface area (Å²) in [6.07, 6.45) is 0. The highest BCUT2D eigenvalue weighted by molar-refractivity contribution is 9.10. The molecule has 11 heteroatoms. The van der Waals surface area contributed by atoms with E-state index >= 15 is 0 Å². The second-order valence-electron chi connectivity index (χ2n) is 3.78. The Labute approximate surface area is 142 Å². The van der Waals surface area contributed by atoms with Gasteiger partial charge in [0.15, 0.2) is 5.13 Å². The first-order valence-corrected chi connectivity index (χ1v) is 9.61. The molecular weight excluding hydrogens is 424 g/mol. The van der Waals surface area contributed by atoms with Gasteiger partial charge in [-0.3, -0.25) is 9.52 Å². The van der Waals surface area contributed by atoms with Crippen LogP contribution in [0.2, 0.25) is 4.34 Å². The number of thiazole rings is 1. The average Bonchev–Trinajstić information content (AvgIpc) is 2.83. The van der Waals surface area contributed by atoms with E-state index in [0.717, 1.165) is 22.7 Å². The molecule has 2 aromatic rings. The van der Waals surface area contributed by atoms with E-state index in [9.17, 15) is 13.2 Å². The van der Waals surface area contributed by atoms with Crippen molar-refractivity contribution in [3.8, 4) is 5.06 Å². The summed E-state index contributed by atoms with van der Waals surface area (Å²) in [4.78, 5) is 14.9. The second kappa shape index (κ2) is 6.21. The smallest absolute Gasteiger partial charge is 0.308 e. The monoisotopic (exact) mass is 430 g/mol. The number of hydrogen-bond acceptors (Lipinski definition) is 7. The summed E-state index contributed by atoms with van der Waals surface area (Å²) in [5.74, 6) is -0.495. The minimum Gasteiger partial charge on any atom is -0.413 e. The van der Waals surface area contributed by atoms with Crippen LogP contribution in [0.4, 0.5) is 5.13 Å². The topological polar surface area (TPSA) is 85.4 Å². The van der Waals surface area contributed by atoms with Gasteiger partial charge in [0.1, 0.15) is 8.55 Å². The third-order valence-corrected chi connectivity index (χ3v) is 7.47. The molecule has 0 bridgehead atoms. The fourth-order valence-electron chi connectivity index (χ4n) is 1.28. The number of rotatable bonds is 4. The van der Waals surface area contributed by atoms with Crippen molar-refractivity contribution in [3.63, 3.8) is 0 Å². The Kier molecular flexibility index (Phi) is 4.93. The quantitative estimate of drug-likeness (QED) is 0.747. The van der Waals surface area contributed by atoms with Crippen LogP contribution in [0.3, 0.4) is 0 Å². The highest BCUT2D eigenvalue weighted by Crippen LogP contribution is 2.37. The van der Waals surface area contributed by atoms with Crippen molar-refractivity contribution in [3.05, 3.63) is 20.6 Å². The molecule has 0 aromatic carbocycles. The van der Waals surface area contributed by atoms with Crippen LogP contribution in [0.1, 0.15) is 12.6 Å². The molecule has 0 spiro atoms. The van der Waals surface area contributed by atoms with Crippen LogP contribution < -0.4 is 9.46 Å². The first-order valence-electron chi connectivity index (χ1n) is 5.32. The highest BCUT2D eigenvalue weighted by atomic mass is 79.9. The lowest BCUT2D eigenvalue weighted by molar-refractivity contribution is -0.131. The van der Waals surface area contributed by atoms with Gasteiger partial charge in [-0.05, 0) is 28.9 Å². The van der Waals surface area contributed by atoms with E-state index in [1.807, 2.05) is 0 Å². The molecule has 0 saturated carbocycles. The van der Waals surface area contributed by atoms with Gasteiger partial charge in [0, 0.05) is 11.4 Å². The van der Waals surface area contributed by atoms with E-state index in [1.54, 1.807) is 6.92 Å². The number of hydrogen-bond donors (Lipinski definition) is 1. The molecule has 0 aliphatic rings. The van der Waals surface area contributed by atoms with Gasteiger partial charge in [0.25, 0.3) is 10.0 Å². The van der Waals surface area contributed by atoms with Gasteiger partial charge in [0.2, 0.25) is 5.06 Å². The fraction of sp³-hybridized carbons (Fsp3) is 0.200. The number of aromatic nitrogens is 1. The van der Waals surface area contributed by atoms with E-state index in [2.05, 4.69) is 25.6 Å². The Morgan fingerprint density at radius 3 is 2.67 bits per heavy atom. The Morgan fingerprint density at radius 1 is 1.48 bits per heavy atom. The zero-order chi connectivity index (χ0) is 15.8. The molecule has 0 aliphatic heterocycles. The molecule has 2 rings (SSSR count). The highest BCUT2D eigenvalue weighted by Gasteiger charge is 2.22. The molecule has 6 nitrogen and oxygen atoms in total. The van der Waals surface area contributed by atoms with Gasteiger partial charge in [0.05, 0.1) is 5.69 Å². The second-order valence-corrected chi connectivity index (χ2v) is 9.16. The molecule has 21 heavy (non-hydrogen) atoms. The van der Waals surface area contributed by atoms with E-state index in [4.69, 9.17) is 16.3 Å². The summed E-state index contributed by atoms with van der Waals surface area (Å²) in [6.45, 7) is 2.87. The maximum Gasteiger partial charge on any atom is 0.308 e. The third-order valence-electron chi connectivity index (χ3n) is 2.10. The molecule has 0 fully saturated rings. The first kappa shape index (κ1) is 16.7. The first-order chi connectivity index (χ1) is 9.69. The molecule has 0 saturated heterocycles. The molecular formula is C10H8BrClN2O4S3. The number of nitrogens with one attached hydrogen (secondary N) is 1. The number of halogens is 2. The van der Waals surface area contributed by atoms with Gasteiger partial charge in [-0.25, -0.2) is 13.4 Å². The Balaban J connectivity index is 2.26. The number of nitrogens with zero attached hydrogens (tertiary/aromatic N) is 1. The summed E-state index contributed by atoms with van der Waals surface area (Å²) in [6, 6.07) is 1.41. The van der Waals surface area contributed by atoms with Crippen molar-refractivity contribution in [2.24, 2.45) is 0 Å². The van der Waals surface area contributed by atoms with Crippen LogP contribution in [0.15, 0.2) is 14.7 Å². The van der Waals surface area contributed by atoms with Crippen molar-refractivity contribution < 1.29 is 17.9 Å². The minimum absolute atomic E-state index is 0.0567. The molecule has 1 N–H and O–H groups in total. The predicted molar refractivity (Wildman–Crippen MR) is 86.0 cm³/mol. The third kappa shape index (κ3) is 3.95. The zero-order valence-corrected chi connectivity index (χ0v) is 15.4. The molecule has 0 aliphatic carbocycles.